The topological polar surface area (TPSA) is 133 Å². The molecule has 3 aromatic heterocycles. The zero-order valence-electron chi connectivity index (χ0n) is 23.6. The van der Waals surface area contributed by atoms with E-state index in [0.29, 0.717) is 22.5 Å². The summed E-state index contributed by atoms with van der Waals surface area (Å²) in [4.78, 5) is 14.2. The third-order valence-electron chi connectivity index (χ3n) is 8.25. The van der Waals surface area contributed by atoms with Crippen molar-refractivity contribution < 1.29 is 8.42 Å². The van der Waals surface area contributed by atoms with Crippen molar-refractivity contribution in [3.8, 4) is 17.2 Å². The monoisotopic (exact) mass is 580 g/mol. The Bertz CT molecular complexity index is 1820. The molecule has 0 saturated carbocycles. The maximum absolute atomic E-state index is 11.8. The summed E-state index contributed by atoms with van der Waals surface area (Å²) in [6.07, 6.45) is 12.0. The lowest BCUT2D eigenvalue weighted by atomic mass is 10.0. The standard InChI is InChI=1S/C31H32N8O2S/c1-34-14-24(12-32)23-11-29(31-25(13-33)16-36-39(31)18-23)22-5-10-30(35-15-22)37-19-26-6-7-27(20-37)38(26)17-21-3-8-28(9-4-21)42(2,40)41/h3-5,8-12,14-16,18,26-27H,6-7,17,19-20,32H2,1-2H3. The predicted molar refractivity (Wildman–Crippen MR) is 164 cm³/mol. The van der Waals surface area contributed by atoms with Crippen LogP contribution in [0.2, 0.25) is 0 Å². The van der Waals surface area contributed by atoms with Crippen LogP contribution >= 0.6 is 0 Å². The molecule has 0 aliphatic carbocycles. The number of pyridine rings is 2. The number of sulfone groups is 1. The molecule has 2 atom stereocenters. The van der Waals surface area contributed by atoms with Crippen LogP contribution in [0.5, 0.6) is 0 Å². The molecule has 42 heavy (non-hydrogen) atoms. The molecule has 214 valence electrons. The van der Waals surface area contributed by atoms with Crippen molar-refractivity contribution in [1.29, 1.82) is 5.26 Å². The number of allylic oxidation sites excluding steroid dienone is 1. The SMILES string of the molecule is CN=CC(=CN)c1cc(-c2ccc(N3CC4CCC(C3)N4Cc3ccc(S(C)(=O)=O)cc3)nc2)c2c(C#N)cnn2c1. The molecule has 4 aromatic rings. The fourth-order valence-electron chi connectivity index (χ4n) is 6.15. The maximum Gasteiger partial charge on any atom is 0.175 e. The van der Waals surface area contributed by atoms with Crippen LogP contribution in [0.1, 0.15) is 29.5 Å². The van der Waals surface area contributed by atoms with Crippen LogP contribution in [0.25, 0.3) is 22.2 Å². The van der Waals surface area contributed by atoms with Crippen LogP contribution in [0, 0.1) is 11.3 Å². The normalized spacial score (nSPS) is 19.5. The van der Waals surface area contributed by atoms with E-state index < -0.39 is 9.84 Å². The van der Waals surface area contributed by atoms with E-state index in [4.69, 9.17) is 10.7 Å². The molecule has 11 heteroatoms. The highest BCUT2D eigenvalue weighted by Gasteiger charge is 2.40. The van der Waals surface area contributed by atoms with E-state index in [2.05, 4.69) is 26.0 Å². The number of rotatable bonds is 7. The highest BCUT2D eigenvalue weighted by molar-refractivity contribution is 7.90. The van der Waals surface area contributed by atoms with Gasteiger partial charge in [0.05, 0.1) is 22.2 Å². The van der Waals surface area contributed by atoms with Gasteiger partial charge < -0.3 is 10.6 Å². The number of aromatic nitrogens is 3. The van der Waals surface area contributed by atoms with Gasteiger partial charge in [-0.15, -0.1) is 0 Å². The van der Waals surface area contributed by atoms with E-state index in [1.165, 1.54) is 12.5 Å². The van der Waals surface area contributed by atoms with E-state index in [9.17, 15) is 13.7 Å². The van der Waals surface area contributed by atoms with Gasteiger partial charge in [0, 0.05) is 92.1 Å². The van der Waals surface area contributed by atoms with Gasteiger partial charge in [0.1, 0.15) is 11.9 Å². The Labute approximate surface area is 245 Å². The molecule has 10 nitrogen and oxygen atoms in total. The minimum atomic E-state index is -3.20. The molecular formula is C31H32N8O2S. The van der Waals surface area contributed by atoms with Gasteiger partial charge >= 0.3 is 0 Å². The van der Waals surface area contributed by atoms with Gasteiger partial charge in [-0.05, 0) is 48.7 Å². The molecule has 0 spiro atoms. The van der Waals surface area contributed by atoms with E-state index in [1.54, 1.807) is 36.1 Å². The van der Waals surface area contributed by atoms with Gasteiger partial charge in [0.2, 0.25) is 0 Å². The third-order valence-corrected chi connectivity index (χ3v) is 9.37. The first-order valence-electron chi connectivity index (χ1n) is 13.8. The average Bonchev–Trinajstić information content (AvgIpc) is 3.50. The van der Waals surface area contributed by atoms with Gasteiger partial charge in [-0.1, -0.05) is 12.1 Å². The number of anilines is 1. The molecule has 6 rings (SSSR count). The Kier molecular flexibility index (Phi) is 7.26. The van der Waals surface area contributed by atoms with Crippen LogP contribution in [0.15, 0.2) is 77.1 Å². The van der Waals surface area contributed by atoms with E-state index in [0.717, 1.165) is 71.6 Å². The fourth-order valence-corrected chi connectivity index (χ4v) is 6.79. The van der Waals surface area contributed by atoms with Gasteiger partial charge in [0.25, 0.3) is 0 Å². The quantitative estimate of drug-likeness (QED) is 0.328. The van der Waals surface area contributed by atoms with Gasteiger partial charge in [-0.25, -0.2) is 17.9 Å². The minimum Gasteiger partial charge on any atom is -0.404 e. The van der Waals surface area contributed by atoms with Crippen molar-refractivity contribution in [2.75, 3.05) is 31.3 Å². The van der Waals surface area contributed by atoms with Crippen LogP contribution in [-0.4, -0.2) is 72.6 Å². The van der Waals surface area contributed by atoms with Crippen molar-refractivity contribution in [3.63, 3.8) is 0 Å². The molecule has 2 N–H and O–H groups in total. The van der Waals surface area contributed by atoms with Gasteiger partial charge in [0.15, 0.2) is 9.84 Å². The number of nitrogens with two attached hydrogens (primary N) is 1. The fraction of sp³-hybridized carbons (Fsp3) is 0.290. The number of piperazine rings is 1. The molecule has 2 unspecified atom stereocenters. The Morgan fingerprint density at radius 1 is 1.14 bits per heavy atom. The molecular weight excluding hydrogens is 548 g/mol. The highest BCUT2D eigenvalue weighted by atomic mass is 32.2. The summed E-state index contributed by atoms with van der Waals surface area (Å²) in [6.45, 7) is 2.57. The summed E-state index contributed by atoms with van der Waals surface area (Å²) in [5, 5.41) is 14.1. The van der Waals surface area contributed by atoms with Crippen molar-refractivity contribution in [2.24, 2.45) is 10.7 Å². The van der Waals surface area contributed by atoms with Crippen LogP contribution in [0.4, 0.5) is 5.82 Å². The second-order valence-electron chi connectivity index (χ2n) is 10.9. The average molecular weight is 581 g/mol. The van der Waals surface area contributed by atoms with Crippen LogP contribution in [0.3, 0.4) is 0 Å². The number of hydrogen-bond acceptors (Lipinski definition) is 9. The highest BCUT2D eigenvalue weighted by Crippen LogP contribution is 2.35. The molecule has 2 saturated heterocycles. The number of benzene rings is 1. The summed E-state index contributed by atoms with van der Waals surface area (Å²) in [5.74, 6) is 0.926. The van der Waals surface area contributed by atoms with Crippen LogP contribution in [-0.2, 0) is 16.4 Å². The number of fused-ring (bicyclic) bond motifs is 3. The van der Waals surface area contributed by atoms with Crippen molar-refractivity contribution >= 4 is 33.0 Å². The second kappa shape index (κ2) is 11.0. The van der Waals surface area contributed by atoms with Crippen molar-refractivity contribution in [3.05, 3.63) is 83.9 Å². The van der Waals surface area contributed by atoms with Crippen molar-refractivity contribution in [1.82, 2.24) is 19.5 Å². The summed E-state index contributed by atoms with van der Waals surface area (Å²) in [7, 11) is -1.51. The molecule has 1 aromatic carbocycles. The largest absolute Gasteiger partial charge is 0.404 e. The summed E-state index contributed by atoms with van der Waals surface area (Å²) >= 11 is 0. The molecule has 2 bridgehead atoms. The van der Waals surface area contributed by atoms with Crippen LogP contribution < -0.4 is 10.6 Å². The summed E-state index contributed by atoms with van der Waals surface area (Å²) < 4.78 is 25.4. The lowest BCUT2D eigenvalue weighted by molar-refractivity contribution is 0.160. The Balaban J connectivity index is 1.23. The first kappa shape index (κ1) is 27.6. The van der Waals surface area contributed by atoms with E-state index in [-0.39, 0.29) is 0 Å². The lowest BCUT2D eigenvalue weighted by Crippen LogP contribution is -2.53. The Morgan fingerprint density at radius 3 is 2.48 bits per heavy atom. The first-order valence-corrected chi connectivity index (χ1v) is 15.7. The zero-order chi connectivity index (χ0) is 29.4. The molecule has 2 fully saturated rings. The molecule has 0 amide bonds. The predicted octanol–water partition coefficient (Wildman–Crippen LogP) is 3.52. The molecule has 2 aliphatic rings. The van der Waals surface area contributed by atoms with Gasteiger partial charge in [-0.3, -0.25) is 9.89 Å². The zero-order valence-corrected chi connectivity index (χ0v) is 24.4. The molecule has 0 radical (unpaired) electrons. The number of aliphatic imine (C=N–C) groups is 1. The van der Waals surface area contributed by atoms with Gasteiger partial charge in [-0.2, -0.15) is 10.4 Å². The number of nitriles is 1. The third kappa shape index (κ3) is 5.15. The maximum atomic E-state index is 11.8. The lowest BCUT2D eigenvalue weighted by Gasteiger charge is -2.41. The smallest absolute Gasteiger partial charge is 0.175 e. The Hall–Kier alpha value is -4.53. The second-order valence-corrected chi connectivity index (χ2v) is 12.9. The Morgan fingerprint density at radius 2 is 1.88 bits per heavy atom. The summed E-state index contributed by atoms with van der Waals surface area (Å²) in [6, 6.07) is 16.4. The van der Waals surface area contributed by atoms with Crippen molar-refractivity contribution in [2.45, 2.75) is 36.4 Å². The van der Waals surface area contributed by atoms with E-state index in [1.807, 2.05) is 42.7 Å². The summed E-state index contributed by atoms with van der Waals surface area (Å²) in [5.41, 5.74) is 11.5. The number of nitrogens with zero attached hydrogens (tertiary/aromatic N) is 7. The molecule has 2 aliphatic heterocycles. The number of hydrogen-bond donors (Lipinski definition) is 1. The van der Waals surface area contributed by atoms with E-state index >= 15 is 0 Å². The molecule has 5 heterocycles. The minimum absolute atomic E-state index is 0.351. The first-order chi connectivity index (χ1) is 20.3.